The molecule has 0 amide bonds. The Morgan fingerprint density at radius 3 is 2.62 bits per heavy atom. The van der Waals surface area contributed by atoms with Gasteiger partial charge in [-0.15, -0.1) is 0 Å². The molecule has 1 aliphatic heterocycles. The van der Waals surface area contributed by atoms with E-state index >= 15 is 0 Å². The van der Waals surface area contributed by atoms with Gasteiger partial charge in [0.05, 0.1) is 11.5 Å². The van der Waals surface area contributed by atoms with E-state index in [0.29, 0.717) is 28.4 Å². The molecule has 29 heavy (non-hydrogen) atoms. The minimum Gasteiger partial charge on any atom is -0.465 e. The summed E-state index contributed by atoms with van der Waals surface area (Å²) in [4.78, 5) is 12.5. The predicted octanol–water partition coefficient (Wildman–Crippen LogP) is 4.33. The van der Waals surface area contributed by atoms with Crippen LogP contribution in [0.5, 0.6) is 11.5 Å². The molecule has 6 heteroatoms. The Labute approximate surface area is 167 Å². The summed E-state index contributed by atoms with van der Waals surface area (Å²) in [5.41, 5.74) is 8.28. The van der Waals surface area contributed by atoms with Crippen LogP contribution in [0.15, 0.2) is 70.5 Å². The lowest BCUT2D eigenvalue weighted by molar-refractivity contribution is 0.0733. The van der Waals surface area contributed by atoms with E-state index in [2.05, 4.69) is 6.07 Å². The number of allylic oxidation sites excluding steroid dienone is 1. The first-order valence-electron chi connectivity index (χ1n) is 9.03. The van der Waals surface area contributed by atoms with Crippen LogP contribution < -0.4 is 15.2 Å². The molecule has 0 spiro atoms. The largest absolute Gasteiger partial charge is 0.465 e. The monoisotopic (exact) mass is 386 g/mol. The molecule has 1 aromatic heterocycles. The minimum atomic E-state index is -0.487. The van der Waals surface area contributed by atoms with E-state index in [1.807, 2.05) is 38.1 Å². The highest BCUT2D eigenvalue weighted by Crippen LogP contribution is 2.43. The smallest absolute Gasteiger partial charge is 0.343 e. The van der Waals surface area contributed by atoms with E-state index in [0.717, 1.165) is 11.3 Å². The van der Waals surface area contributed by atoms with E-state index in [-0.39, 0.29) is 11.5 Å². The number of hydrogen-bond donors (Lipinski definition) is 1. The van der Waals surface area contributed by atoms with Gasteiger partial charge < -0.3 is 19.6 Å². The number of nitriles is 1. The molecule has 6 nitrogen and oxygen atoms in total. The Bertz CT molecular complexity index is 1180. The van der Waals surface area contributed by atoms with E-state index in [9.17, 15) is 10.1 Å². The molecular formula is C23H18N2O4. The number of benzene rings is 2. The molecule has 0 fully saturated rings. The van der Waals surface area contributed by atoms with Gasteiger partial charge in [-0.3, -0.25) is 0 Å². The van der Waals surface area contributed by atoms with Gasteiger partial charge in [-0.25, -0.2) is 4.79 Å². The SMILES string of the molecule is Cc1ccc(C2C(C#N)=C(N)Oc3cc(OC(=O)c4ccccc4C)ccc32)o1. The van der Waals surface area contributed by atoms with E-state index < -0.39 is 11.9 Å². The van der Waals surface area contributed by atoms with Crippen LogP contribution in [-0.4, -0.2) is 5.97 Å². The van der Waals surface area contributed by atoms with Gasteiger partial charge in [-0.1, -0.05) is 24.3 Å². The third-order valence-corrected chi connectivity index (χ3v) is 4.81. The lowest BCUT2D eigenvalue weighted by Crippen LogP contribution is -2.21. The number of furan rings is 1. The molecule has 0 saturated carbocycles. The molecule has 144 valence electrons. The van der Waals surface area contributed by atoms with Crippen molar-refractivity contribution in [3.8, 4) is 17.6 Å². The maximum Gasteiger partial charge on any atom is 0.343 e. The number of aryl methyl sites for hydroxylation is 2. The number of nitrogens with zero attached hydrogens (tertiary/aromatic N) is 1. The summed E-state index contributed by atoms with van der Waals surface area (Å²) in [6.07, 6.45) is 0. The second-order valence-corrected chi connectivity index (χ2v) is 6.78. The van der Waals surface area contributed by atoms with Crippen molar-refractivity contribution in [2.24, 2.45) is 5.73 Å². The van der Waals surface area contributed by atoms with Gasteiger partial charge in [0.2, 0.25) is 5.88 Å². The van der Waals surface area contributed by atoms with Crippen LogP contribution in [0.25, 0.3) is 0 Å². The van der Waals surface area contributed by atoms with Crippen LogP contribution in [0, 0.1) is 25.2 Å². The van der Waals surface area contributed by atoms with Gasteiger partial charge in [0, 0.05) is 11.6 Å². The number of rotatable bonds is 3. The van der Waals surface area contributed by atoms with E-state index in [4.69, 9.17) is 19.6 Å². The number of esters is 1. The molecule has 2 N–H and O–H groups in total. The van der Waals surface area contributed by atoms with Crippen LogP contribution in [0.2, 0.25) is 0 Å². The van der Waals surface area contributed by atoms with Crippen LogP contribution in [0.4, 0.5) is 0 Å². The number of hydrogen-bond acceptors (Lipinski definition) is 6. The first-order valence-corrected chi connectivity index (χ1v) is 9.03. The first kappa shape index (κ1) is 18.4. The summed E-state index contributed by atoms with van der Waals surface area (Å²) in [5.74, 6) is 1.11. The summed E-state index contributed by atoms with van der Waals surface area (Å²) >= 11 is 0. The zero-order valence-electron chi connectivity index (χ0n) is 15.9. The van der Waals surface area contributed by atoms with Gasteiger partial charge in [0.15, 0.2) is 0 Å². The second kappa shape index (κ2) is 7.21. The molecule has 0 bridgehead atoms. The first-order chi connectivity index (χ1) is 14.0. The Balaban J connectivity index is 1.70. The van der Waals surface area contributed by atoms with Gasteiger partial charge in [-0.2, -0.15) is 5.26 Å². The summed E-state index contributed by atoms with van der Waals surface area (Å²) < 4.78 is 16.9. The zero-order valence-corrected chi connectivity index (χ0v) is 15.9. The van der Waals surface area contributed by atoms with Crippen molar-refractivity contribution >= 4 is 5.97 Å². The highest BCUT2D eigenvalue weighted by molar-refractivity contribution is 5.92. The summed E-state index contributed by atoms with van der Waals surface area (Å²) in [7, 11) is 0. The Morgan fingerprint density at radius 2 is 1.93 bits per heavy atom. The third kappa shape index (κ3) is 3.34. The standard InChI is InChI=1S/C23H18N2O4/c1-13-5-3-4-6-16(13)23(26)28-15-8-9-17-20(11-15)29-22(25)18(12-24)21(17)19-10-7-14(2)27-19/h3-11,21H,25H2,1-2H3. The van der Waals surface area contributed by atoms with Crippen LogP contribution >= 0.6 is 0 Å². The molecule has 1 atom stereocenters. The Kier molecular flexibility index (Phi) is 4.57. The highest BCUT2D eigenvalue weighted by Gasteiger charge is 2.33. The molecule has 3 aromatic rings. The number of fused-ring (bicyclic) bond motifs is 1. The number of carbonyl (C=O) groups is 1. The number of ether oxygens (including phenoxy) is 2. The Morgan fingerprint density at radius 1 is 1.14 bits per heavy atom. The molecule has 0 radical (unpaired) electrons. The van der Waals surface area contributed by atoms with Crippen molar-refractivity contribution in [2.45, 2.75) is 19.8 Å². The van der Waals surface area contributed by atoms with Crippen LogP contribution in [0.1, 0.15) is 38.9 Å². The summed E-state index contributed by atoms with van der Waals surface area (Å²) in [5, 5.41) is 9.57. The minimum absolute atomic E-state index is 0.00133. The average molecular weight is 386 g/mol. The molecule has 2 aromatic carbocycles. The lowest BCUT2D eigenvalue weighted by Gasteiger charge is -2.25. The van der Waals surface area contributed by atoms with Gasteiger partial charge in [-0.05, 0) is 43.7 Å². The fourth-order valence-corrected chi connectivity index (χ4v) is 3.36. The summed E-state index contributed by atoms with van der Waals surface area (Å²) in [6.45, 7) is 3.67. The molecule has 1 aliphatic rings. The maximum absolute atomic E-state index is 12.5. The van der Waals surface area contributed by atoms with Gasteiger partial charge in [0.1, 0.15) is 34.7 Å². The lowest BCUT2D eigenvalue weighted by atomic mass is 9.87. The molecule has 0 saturated heterocycles. The van der Waals surface area contributed by atoms with Crippen molar-refractivity contribution in [1.29, 1.82) is 5.26 Å². The van der Waals surface area contributed by atoms with E-state index in [1.54, 1.807) is 30.3 Å². The number of carbonyl (C=O) groups excluding carboxylic acids is 1. The fourth-order valence-electron chi connectivity index (χ4n) is 3.36. The second-order valence-electron chi connectivity index (χ2n) is 6.78. The quantitative estimate of drug-likeness (QED) is 0.531. The number of nitrogens with two attached hydrogens (primary N) is 1. The zero-order chi connectivity index (χ0) is 20.5. The third-order valence-electron chi connectivity index (χ3n) is 4.81. The highest BCUT2D eigenvalue weighted by atomic mass is 16.5. The molecule has 1 unspecified atom stereocenters. The van der Waals surface area contributed by atoms with Crippen molar-refractivity contribution < 1.29 is 18.7 Å². The Hall–Kier alpha value is -3.98. The summed E-state index contributed by atoms with van der Waals surface area (Å²) in [6, 6.07) is 18.0. The maximum atomic E-state index is 12.5. The van der Waals surface area contributed by atoms with Gasteiger partial charge >= 0.3 is 5.97 Å². The van der Waals surface area contributed by atoms with Gasteiger partial charge in [0.25, 0.3) is 0 Å². The van der Waals surface area contributed by atoms with Crippen LogP contribution in [0.3, 0.4) is 0 Å². The predicted molar refractivity (Wildman–Crippen MR) is 105 cm³/mol. The fraction of sp³-hybridized carbons (Fsp3) is 0.130. The van der Waals surface area contributed by atoms with E-state index in [1.165, 1.54) is 0 Å². The molecular weight excluding hydrogens is 368 g/mol. The molecule has 4 rings (SSSR count). The van der Waals surface area contributed by atoms with Crippen molar-refractivity contribution in [2.75, 3.05) is 0 Å². The average Bonchev–Trinajstić information content (AvgIpc) is 3.13. The van der Waals surface area contributed by atoms with Crippen molar-refractivity contribution in [3.05, 3.63) is 94.3 Å². The van der Waals surface area contributed by atoms with Crippen LogP contribution in [-0.2, 0) is 0 Å². The molecule has 2 heterocycles. The topological polar surface area (TPSA) is 98.5 Å². The van der Waals surface area contributed by atoms with Crippen molar-refractivity contribution in [3.63, 3.8) is 0 Å². The van der Waals surface area contributed by atoms with Crippen molar-refractivity contribution in [1.82, 2.24) is 0 Å². The molecule has 0 aliphatic carbocycles. The normalized spacial score (nSPS) is 15.3.